The first-order chi connectivity index (χ1) is 18.8. The predicted octanol–water partition coefficient (Wildman–Crippen LogP) is 2.46. The molecule has 3 aromatic rings. The lowest BCUT2D eigenvalue weighted by molar-refractivity contribution is -0.132. The van der Waals surface area contributed by atoms with E-state index in [1.807, 2.05) is 56.3 Å². The summed E-state index contributed by atoms with van der Waals surface area (Å²) in [5.74, 6) is -0.207. The fourth-order valence-corrected chi connectivity index (χ4v) is 4.94. The quantitative estimate of drug-likeness (QED) is 0.417. The first-order valence-electron chi connectivity index (χ1n) is 13.3. The summed E-state index contributed by atoms with van der Waals surface area (Å²) in [7, 11) is 1.63. The molecule has 0 saturated carbocycles. The topological polar surface area (TPSA) is 124 Å². The monoisotopic (exact) mass is 535 g/mol. The summed E-state index contributed by atoms with van der Waals surface area (Å²) < 4.78 is 12.7. The van der Waals surface area contributed by atoms with E-state index in [4.69, 9.17) is 9.47 Å². The van der Waals surface area contributed by atoms with Crippen molar-refractivity contribution < 1.29 is 23.9 Å². The highest BCUT2D eigenvalue weighted by atomic mass is 16.5. The molecule has 1 aliphatic rings. The van der Waals surface area contributed by atoms with Gasteiger partial charge < -0.3 is 25.4 Å². The summed E-state index contributed by atoms with van der Waals surface area (Å²) in [6.45, 7) is 4.86. The molecule has 1 aromatic heterocycles. The Morgan fingerprint density at radius 1 is 1.18 bits per heavy atom. The zero-order valence-corrected chi connectivity index (χ0v) is 22.8. The molecule has 2 bridgehead atoms. The second-order valence-electron chi connectivity index (χ2n) is 10.2. The van der Waals surface area contributed by atoms with Gasteiger partial charge in [-0.25, -0.2) is 0 Å². The lowest BCUT2D eigenvalue weighted by atomic mass is 9.76. The third kappa shape index (κ3) is 6.94. The summed E-state index contributed by atoms with van der Waals surface area (Å²) in [5, 5.41) is 14.3. The van der Waals surface area contributed by atoms with Crippen LogP contribution in [0.15, 0.2) is 48.5 Å². The maximum absolute atomic E-state index is 13.8. The second kappa shape index (κ2) is 12.8. The van der Waals surface area contributed by atoms with Gasteiger partial charge in [0.15, 0.2) is 6.61 Å². The van der Waals surface area contributed by atoms with Crippen LogP contribution >= 0.6 is 0 Å². The van der Waals surface area contributed by atoms with Gasteiger partial charge in [0, 0.05) is 38.2 Å². The molecule has 39 heavy (non-hydrogen) atoms. The number of ether oxygens (including phenoxy) is 2. The van der Waals surface area contributed by atoms with Crippen LogP contribution in [0.2, 0.25) is 0 Å². The number of methoxy groups -OCH3 is 1. The molecule has 3 N–H and O–H groups in total. The number of fused-ring (bicyclic) bond motifs is 5. The van der Waals surface area contributed by atoms with Gasteiger partial charge in [0.2, 0.25) is 5.91 Å². The molecule has 1 unspecified atom stereocenters. The Hall–Kier alpha value is -3.92. The van der Waals surface area contributed by atoms with Gasteiger partial charge in [-0.2, -0.15) is 5.10 Å². The van der Waals surface area contributed by atoms with Crippen molar-refractivity contribution in [1.29, 1.82) is 0 Å². The summed E-state index contributed by atoms with van der Waals surface area (Å²) >= 11 is 0. The number of rotatable bonds is 6. The first-order valence-corrected chi connectivity index (χ1v) is 13.3. The van der Waals surface area contributed by atoms with Crippen LogP contribution in [0, 0.1) is 5.41 Å². The molecule has 1 aliphatic heterocycles. The minimum absolute atomic E-state index is 0.0774. The Bertz CT molecular complexity index is 1320. The van der Waals surface area contributed by atoms with Crippen molar-refractivity contribution in [3.05, 3.63) is 59.8 Å². The zero-order valence-electron chi connectivity index (χ0n) is 22.8. The van der Waals surface area contributed by atoms with Crippen LogP contribution in [0.3, 0.4) is 0 Å². The van der Waals surface area contributed by atoms with Crippen LogP contribution in [0.1, 0.15) is 42.7 Å². The van der Waals surface area contributed by atoms with Gasteiger partial charge in [0.05, 0.1) is 17.5 Å². The van der Waals surface area contributed by atoms with Gasteiger partial charge in [-0.05, 0) is 56.9 Å². The fraction of sp³-hybridized carbons (Fsp3) is 0.448. The smallest absolute Gasteiger partial charge is 0.270 e. The van der Waals surface area contributed by atoms with Crippen LogP contribution in [0.25, 0.3) is 10.9 Å². The molecule has 2 heterocycles. The molecule has 10 nitrogen and oxygen atoms in total. The van der Waals surface area contributed by atoms with Gasteiger partial charge in [-0.1, -0.05) is 30.3 Å². The number of hydrogen-bond donors (Lipinski definition) is 3. The number of hydrogen-bond acceptors (Lipinski definition) is 6. The number of amides is 3. The predicted molar refractivity (Wildman–Crippen MR) is 148 cm³/mol. The molecule has 2 aromatic carbocycles. The van der Waals surface area contributed by atoms with Gasteiger partial charge in [-0.15, -0.1) is 0 Å². The van der Waals surface area contributed by atoms with Gasteiger partial charge >= 0.3 is 0 Å². The third-order valence-electron chi connectivity index (χ3n) is 6.81. The molecular weight excluding hydrogens is 498 g/mol. The van der Waals surface area contributed by atoms with E-state index < -0.39 is 5.41 Å². The Morgan fingerprint density at radius 2 is 2.00 bits per heavy atom. The van der Waals surface area contributed by atoms with Crippen molar-refractivity contribution in [3.8, 4) is 5.75 Å². The molecule has 4 rings (SSSR count). The van der Waals surface area contributed by atoms with E-state index in [2.05, 4.69) is 21.0 Å². The molecule has 1 atom stereocenters. The van der Waals surface area contributed by atoms with Crippen LogP contribution in [-0.2, 0) is 27.3 Å². The Labute approximate surface area is 228 Å². The Morgan fingerprint density at radius 3 is 2.79 bits per heavy atom. The highest BCUT2D eigenvalue weighted by Crippen LogP contribution is 2.31. The number of nitrogens with one attached hydrogen (secondary N) is 3. The molecule has 0 aliphatic carbocycles. The van der Waals surface area contributed by atoms with Crippen molar-refractivity contribution in [1.82, 2.24) is 25.7 Å². The fourth-order valence-electron chi connectivity index (χ4n) is 4.94. The van der Waals surface area contributed by atoms with E-state index in [1.54, 1.807) is 17.9 Å². The molecular formula is C29H37N5O5. The van der Waals surface area contributed by atoms with Crippen LogP contribution < -0.4 is 20.7 Å². The average molecular weight is 536 g/mol. The van der Waals surface area contributed by atoms with E-state index in [-0.39, 0.29) is 43.5 Å². The standard InChI is InChI=1S/C29H37N5O5/c1-20(2)32-28(37)29(12-7-15-38-3)17-21-8-6-9-22(16-21)39-18-25(35)30-13-14-34-26(27(36)31-19-29)23-10-4-5-11-24(23)33-34/h4-6,8-11,16,20H,7,12-15,17-19H2,1-3H3,(H,30,35)(H,31,36)(H,32,37). The number of carbonyl (C=O) groups is 3. The SMILES string of the molecule is COCCCC1(C(=O)NC(C)C)CNC(=O)c2c3ccccc3nn2CCNC(=O)COc2cccc(c2)C1. The summed E-state index contributed by atoms with van der Waals surface area (Å²) in [4.78, 5) is 40.0. The van der Waals surface area contributed by atoms with Crippen molar-refractivity contribution >= 4 is 28.6 Å². The molecule has 0 radical (unpaired) electrons. The zero-order chi connectivity index (χ0) is 27.8. The number of aromatic nitrogens is 2. The summed E-state index contributed by atoms with van der Waals surface area (Å²) in [5.41, 5.74) is 0.975. The molecule has 0 spiro atoms. The molecule has 0 fully saturated rings. The highest BCUT2D eigenvalue weighted by molar-refractivity contribution is 6.05. The van der Waals surface area contributed by atoms with Gasteiger partial charge in [0.25, 0.3) is 11.8 Å². The van der Waals surface area contributed by atoms with Crippen LogP contribution in [-0.4, -0.2) is 67.0 Å². The normalized spacial score (nSPS) is 18.7. The van der Waals surface area contributed by atoms with Gasteiger partial charge in [0.1, 0.15) is 11.4 Å². The minimum Gasteiger partial charge on any atom is -0.484 e. The number of nitrogens with zero attached hydrogens (tertiary/aromatic N) is 2. The molecule has 3 amide bonds. The molecule has 0 saturated heterocycles. The van der Waals surface area contributed by atoms with Crippen LogP contribution in [0.5, 0.6) is 5.75 Å². The molecule has 10 heteroatoms. The van der Waals surface area contributed by atoms with E-state index in [9.17, 15) is 14.4 Å². The maximum atomic E-state index is 13.8. The number of carbonyl (C=O) groups excluding carboxylic acids is 3. The van der Waals surface area contributed by atoms with Crippen molar-refractivity contribution in [2.45, 2.75) is 45.7 Å². The second-order valence-corrected chi connectivity index (χ2v) is 10.2. The Balaban J connectivity index is 1.76. The summed E-state index contributed by atoms with van der Waals surface area (Å²) in [6.07, 6.45) is 1.49. The lowest BCUT2D eigenvalue weighted by Gasteiger charge is -2.34. The Kier molecular flexibility index (Phi) is 9.19. The van der Waals surface area contributed by atoms with Crippen molar-refractivity contribution in [2.75, 3.05) is 33.4 Å². The molecule has 208 valence electrons. The highest BCUT2D eigenvalue weighted by Gasteiger charge is 2.39. The largest absolute Gasteiger partial charge is 0.484 e. The number of benzene rings is 2. The lowest BCUT2D eigenvalue weighted by Crippen LogP contribution is -2.51. The van der Waals surface area contributed by atoms with E-state index in [0.29, 0.717) is 54.8 Å². The van der Waals surface area contributed by atoms with E-state index >= 15 is 0 Å². The average Bonchev–Trinajstić information content (AvgIpc) is 3.28. The summed E-state index contributed by atoms with van der Waals surface area (Å²) in [6, 6.07) is 14.7. The van der Waals surface area contributed by atoms with Crippen LogP contribution in [0.4, 0.5) is 0 Å². The third-order valence-corrected chi connectivity index (χ3v) is 6.81. The van der Waals surface area contributed by atoms with Crippen molar-refractivity contribution in [2.24, 2.45) is 5.41 Å². The maximum Gasteiger partial charge on any atom is 0.270 e. The first kappa shape index (κ1) is 28.1. The van der Waals surface area contributed by atoms with Gasteiger partial charge in [-0.3, -0.25) is 19.1 Å². The van der Waals surface area contributed by atoms with E-state index in [0.717, 1.165) is 5.56 Å². The minimum atomic E-state index is -0.952. The van der Waals surface area contributed by atoms with E-state index in [1.165, 1.54) is 0 Å². The van der Waals surface area contributed by atoms with Crippen molar-refractivity contribution in [3.63, 3.8) is 0 Å².